The van der Waals surface area contributed by atoms with Crippen LogP contribution in [0.1, 0.15) is 200 Å². The highest BCUT2D eigenvalue weighted by Gasteiger charge is 2.23. The molecule has 0 spiro atoms. The Kier molecular flexibility index (Phi) is 27.1. The highest BCUT2D eigenvalue weighted by atomic mass is 16.3. The molecule has 0 aromatic carbocycles. The quantitative estimate of drug-likeness (QED) is 0.0810. The summed E-state index contributed by atoms with van der Waals surface area (Å²) in [6.45, 7) is 6.68. The summed E-state index contributed by atoms with van der Waals surface area (Å²) in [5, 5.41) is 10.5. The topological polar surface area (TPSA) is 52.9 Å². The predicted octanol–water partition coefficient (Wildman–Crippen LogP) is 11.0. The number of aliphatic hydroxyl groups is 1. The van der Waals surface area contributed by atoms with E-state index in [0.717, 1.165) is 38.2 Å². The van der Waals surface area contributed by atoms with Gasteiger partial charge in [0.1, 0.15) is 6.10 Å². The zero-order valence-electron chi connectivity index (χ0n) is 28.0. The Balaban J connectivity index is 1.94. The molecule has 4 heteroatoms. The summed E-state index contributed by atoms with van der Waals surface area (Å²) in [7, 11) is 0. The number of β-amino-alcohol motifs (C(OH)–C–C–N with tert-alkyl or cyclic N) is 1. The smallest absolute Gasteiger partial charge is 0.163 e. The minimum absolute atomic E-state index is 0.0244. The molecule has 4 nitrogen and oxygen atoms in total. The van der Waals surface area contributed by atoms with Gasteiger partial charge in [0.2, 0.25) is 0 Å². The van der Waals surface area contributed by atoms with Crippen LogP contribution in [-0.2, 0) is 4.79 Å². The molecule has 0 aromatic rings. The van der Waals surface area contributed by atoms with E-state index in [0.29, 0.717) is 13.0 Å². The van der Waals surface area contributed by atoms with E-state index in [9.17, 15) is 9.90 Å². The van der Waals surface area contributed by atoms with Crippen molar-refractivity contribution in [3.05, 3.63) is 0 Å². The number of aliphatic imine (C=N–C) groups is 1. The third-order valence-electron chi connectivity index (χ3n) is 9.07. The second-order valence-corrected chi connectivity index (χ2v) is 13.1. The van der Waals surface area contributed by atoms with Crippen molar-refractivity contribution in [1.29, 1.82) is 0 Å². The molecule has 1 atom stereocenters. The Morgan fingerprint density at radius 1 is 0.610 bits per heavy atom. The van der Waals surface area contributed by atoms with E-state index in [1.807, 2.05) is 0 Å². The molecule has 0 saturated carbocycles. The lowest BCUT2D eigenvalue weighted by Gasteiger charge is -2.23. The second kappa shape index (κ2) is 29.2. The van der Waals surface area contributed by atoms with Crippen molar-refractivity contribution in [2.45, 2.75) is 206 Å². The molecule has 0 fully saturated rings. The Morgan fingerprint density at radius 3 is 1.39 bits per heavy atom. The number of hydrogen-bond donors (Lipinski definition) is 1. The minimum Gasteiger partial charge on any atom is -0.383 e. The number of carbonyl (C=O) groups excluding carboxylic acids is 1. The van der Waals surface area contributed by atoms with Gasteiger partial charge in [-0.2, -0.15) is 0 Å². The van der Waals surface area contributed by atoms with Crippen LogP contribution < -0.4 is 0 Å². The maximum atomic E-state index is 12.5. The molecule has 1 aliphatic heterocycles. The minimum atomic E-state index is -0.855. The van der Waals surface area contributed by atoms with Crippen LogP contribution in [0.3, 0.4) is 0 Å². The Morgan fingerprint density at radius 2 is 0.976 bits per heavy atom. The summed E-state index contributed by atoms with van der Waals surface area (Å²) in [4.78, 5) is 19.4. The fourth-order valence-electron chi connectivity index (χ4n) is 6.23. The number of hydrogen-bond acceptors (Lipinski definition) is 4. The first-order chi connectivity index (χ1) is 20.2. The number of unbranched alkanes of at least 4 members (excludes halogenated alkanes) is 25. The van der Waals surface area contributed by atoms with Gasteiger partial charge in [-0.05, 0) is 12.8 Å². The molecule has 0 aromatic heterocycles. The number of amidine groups is 1. The number of carbonyl (C=O) groups is 1. The number of Topliss-reactive ketones (excluding diaryl/α,β-unsaturated/α-hetero) is 1. The molecule has 1 aliphatic rings. The van der Waals surface area contributed by atoms with E-state index in [-0.39, 0.29) is 5.78 Å². The van der Waals surface area contributed by atoms with E-state index in [1.165, 1.54) is 161 Å². The molecule has 242 valence electrons. The summed E-state index contributed by atoms with van der Waals surface area (Å²) in [5.74, 6) is 1.15. The first-order valence-electron chi connectivity index (χ1n) is 18.7. The second-order valence-electron chi connectivity index (χ2n) is 13.1. The van der Waals surface area contributed by atoms with Crippen LogP contribution in [0.5, 0.6) is 0 Å². The predicted molar refractivity (Wildman–Crippen MR) is 180 cm³/mol. The van der Waals surface area contributed by atoms with E-state index >= 15 is 0 Å². The number of aliphatic hydroxyl groups excluding tert-OH is 1. The van der Waals surface area contributed by atoms with Crippen LogP contribution in [0.15, 0.2) is 4.99 Å². The van der Waals surface area contributed by atoms with Gasteiger partial charge in [0.05, 0.1) is 18.9 Å². The molecular weight excluding hydrogens is 504 g/mol. The molecule has 0 saturated heterocycles. The summed E-state index contributed by atoms with van der Waals surface area (Å²) in [6.07, 6.45) is 36.9. The van der Waals surface area contributed by atoms with Crippen molar-refractivity contribution in [2.75, 3.05) is 19.6 Å². The molecule has 0 amide bonds. The van der Waals surface area contributed by atoms with Gasteiger partial charge < -0.3 is 10.0 Å². The largest absolute Gasteiger partial charge is 0.383 e. The highest BCUT2D eigenvalue weighted by Crippen LogP contribution is 2.16. The summed E-state index contributed by atoms with van der Waals surface area (Å²) in [6, 6.07) is 0. The van der Waals surface area contributed by atoms with Crippen LogP contribution in [0.25, 0.3) is 0 Å². The zero-order valence-corrected chi connectivity index (χ0v) is 28.0. The van der Waals surface area contributed by atoms with Gasteiger partial charge in [-0.25, -0.2) is 0 Å². The van der Waals surface area contributed by atoms with Crippen LogP contribution in [0.2, 0.25) is 0 Å². The van der Waals surface area contributed by atoms with Crippen LogP contribution in [0.4, 0.5) is 0 Å². The fourth-order valence-corrected chi connectivity index (χ4v) is 6.23. The van der Waals surface area contributed by atoms with Gasteiger partial charge >= 0.3 is 0 Å². The van der Waals surface area contributed by atoms with E-state index in [1.54, 1.807) is 0 Å². The molecule has 1 unspecified atom stereocenters. The SMILES string of the molecule is CCCCCCCCCCCCCCCCCC(=O)C(O)CN1CCN=C1CCCCCCCCCCCCCC. The average molecular weight is 577 g/mol. The maximum absolute atomic E-state index is 12.5. The fraction of sp³-hybridized carbons (Fsp3) is 0.946. The van der Waals surface area contributed by atoms with Crippen molar-refractivity contribution >= 4 is 11.6 Å². The lowest BCUT2D eigenvalue weighted by atomic mass is 10.0. The lowest BCUT2D eigenvalue weighted by molar-refractivity contribution is -0.127. The molecule has 1 rings (SSSR count). The van der Waals surface area contributed by atoms with E-state index in [2.05, 4.69) is 23.7 Å². The van der Waals surface area contributed by atoms with Crippen molar-refractivity contribution < 1.29 is 9.90 Å². The lowest BCUT2D eigenvalue weighted by Crippen LogP contribution is -2.39. The Hall–Kier alpha value is -0.900. The molecule has 1 N–H and O–H groups in total. The van der Waals surface area contributed by atoms with Gasteiger partial charge in [-0.15, -0.1) is 0 Å². The standard InChI is InChI=1S/C37H72N2O2/c1-3-5-7-9-11-13-15-17-18-19-20-22-24-26-28-30-35(40)36(41)34-39-33-32-38-37(39)31-29-27-25-23-21-16-14-12-10-8-6-4-2/h36,41H,3-34H2,1-2H3. The maximum Gasteiger partial charge on any atom is 0.163 e. The molecule has 41 heavy (non-hydrogen) atoms. The first-order valence-corrected chi connectivity index (χ1v) is 18.7. The summed E-state index contributed by atoms with van der Waals surface area (Å²) < 4.78 is 0. The van der Waals surface area contributed by atoms with Crippen molar-refractivity contribution in [2.24, 2.45) is 4.99 Å². The molecule has 0 aliphatic carbocycles. The highest BCUT2D eigenvalue weighted by molar-refractivity contribution is 5.86. The van der Waals surface area contributed by atoms with Gasteiger partial charge in [-0.1, -0.05) is 174 Å². The Bertz CT molecular complexity index is 606. The third-order valence-corrected chi connectivity index (χ3v) is 9.07. The van der Waals surface area contributed by atoms with Crippen LogP contribution in [0, 0.1) is 0 Å². The number of rotatable bonds is 32. The average Bonchev–Trinajstić information content (AvgIpc) is 3.42. The molecule has 1 heterocycles. The van der Waals surface area contributed by atoms with Gasteiger partial charge in [0.25, 0.3) is 0 Å². The first kappa shape index (κ1) is 38.1. The zero-order chi connectivity index (χ0) is 29.6. The van der Waals surface area contributed by atoms with Crippen LogP contribution in [-0.4, -0.2) is 47.4 Å². The van der Waals surface area contributed by atoms with Crippen molar-refractivity contribution in [3.63, 3.8) is 0 Å². The van der Waals surface area contributed by atoms with Crippen LogP contribution >= 0.6 is 0 Å². The summed E-state index contributed by atoms with van der Waals surface area (Å²) in [5.41, 5.74) is 0. The van der Waals surface area contributed by atoms with Crippen molar-refractivity contribution in [1.82, 2.24) is 4.90 Å². The molecular formula is C37H72N2O2. The number of nitrogens with zero attached hydrogens (tertiary/aromatic N) is 2. The molecule has 0 radical (unpaired) electrons. The summed E-state index contributed by atoms with van der Waals surface area (Å²) >= 11 is 0. The monoisotopic (exact) mass is 577 g/mol. The van der Waals surface area contributed by atoms with E-state index in [4.69, 9.17) is 0 Å². The Labute approximate surface area is 256 Å². The van der Waals surface area contributed by atoms with Crippen molar-refractivity contribution in [3.8, 4) is 0 Å². The van der Waals surface area contributed by atoms with E-state index < -0.39 is 6.10 Å². The normalized spacial score (nSPS) is 14.1. The molecule has 0 bridgehead atoms. The van der Waals surface area contributed by atoms with Gasteiger partial charge in [0, 0.05) is 19.4 Å². The number of ketones is 1. The third kappa shape index (κ3) is 23.3. The van der Waals surface area contributed by atoms with Gasteiger partial charge in [-0.3, -0.25) is 9.79 Å². The van der Waals surface area contributed by atoms with Gasteiger partial charge in [0.15, 0.2) is 5.78 Å².